The van der Waals surface area contributed by atoms with Crippen LogP contribution in [0, 0.1) is 11.6 Å². The molecule has 0 heterocycles. The van der Waals surface area contributed by atoms with E-state index in [1.54, 1.807) is 0 Å². The summed E-state index contributed by atoms with van der Waals surface area (Å²) in [6, 6.07) is 2.13. The minimum absolute atomic E-state index is 0.265. The number of amides is 1. The van der Waals surface area contributed by atoms with Crippen molar-refractivity contribution >= 4 is 21.8 Å². The Balaban J connectivity index is 2.62. The third-order valence-corrected chi connectivity index (χ3v) is 2.76. The molecule has 0 aliphatic rings. The van der Waals surface area contributed by atoms with Crippen LogP contribution in [-0.2, 0) is 0 Å². The van der Waals surface area contributed by atoms with Crippen LogP contribution in [-0.4, -0.2) is 38.0 Å². The van der Waals surface area contributed by atoms with Gasteiger partial charge in [-0.2, -0.15) is 0 Å². The highest BCUT2D eigenvalue weighted by atomic mass is 79.9. The quantitative estimate of drug-likeness (QED) is 0.845. The Morgan fingerprint density at radius 2 is 1.89 bits per heavy atom. The van der Waals surface area contributed by atoms with Gasteiger partial charge in [0, 0.05) is 11.0 Å². The first-order chi connectivity index (χ1) is 8.41. The van der Waals surface area contributed by atoms with Gasteiger partial charge in [-0.05, 0) is 39.2 Å². The molecule has 3 nitrogen and oxygen atoms in total. The number of hydrogen-bond donors (Lipinski definition) is 1. The molecule has 0 aliphatic carbocycles. The molecule has 1 aromatic rings. The number of nitrogens with one attached hydrogen (secondary N) is 1. The zero-order chi connectivity index (χ0) is 13.7. The van der Waals surface area contributed by atoms with Gasteiger partial charge in [-0.3, -0.25) is 4.79 Å². The maximum atomic E-state index is 13.5. The van der Waals surface area contributed by atoms with Crippen molar-refractivity contribution in [1.82, 2.24) is 10.2 Å². The van der Waals surface area contributed by atoms with Gasteiger partial charge in [-0.25, -0.2) is 8.78 Å². The number of rotatable bonds is 5. The molecule has 0 spiro atoms. The second-order valence-electron chi connectivity index (χ2n) is 4.16. The van der Waals surface area contributed by atoms with Crippen molar-refractivity contribution in [2.45, 2.75) is 6.42 Å². The summed E-state index contributed by atoms with van der Waals surface area (Å²) in [4.78, 5) is 13.6. The Labute approximate surface area is 113 Å². The van der Waals surface area contributed by atoms with Crippen LogP contribution < -0.4 is 5.32 Å². The van der Waals surface area contributed by atoms with Gasteiger partial charge in [0.05, 0.1) is 0 Å². The van der Waals surface area contributed by atoms with Crippen molar-refractivity contribution in [2.24, 2.45) is 0 Å². The number of halogens is 3. The van der Waals surface area contributed by atoms with E-state index in [0.29, 0.717) is 6.54 Å². The minimum atomic E-state index is -0.869. The number of carbonyl (C=O) groups is 1. The Hall–Kier alpha value is -1.01. The Bertz CT molecular complexity index is 415. The normalized spacial score (nSPS) is 10.8. The van der Waals surface area contributed by atoms with Gasteiger partial charge in [0.25, 0.3) is 5.91 Å². The SMILES string of the molecule is CN(C)CCCNC(=O)c1c(F)cc(Br)cc1F. The first kappa shape index (κ1) is 15.0. The molecule has 0 radical (unpaired) electrons. The maximum absolute atomic E-state index is 13.5. The van der Waals surface area contributed by atoms with E-state index in [4.69, 9.17) is 0 Å². The molecule has 1 N–H and O–H groups in total. The second-order valence-corrected chi connectivity index (χ2v) is 5.07. The second kappa shape index (κ2) is 6.80. The van der Waals surface area contributed by atoms with Crippen molar-refractivity contribution in [1.29, 1.82) is 0 Å². The van der Waals surface area contributed by atoms with E-state index in [1.165, 1.54) is 0 Å². The summed E-state index contributed by atoms with van der Waals surface area (Å²) in [7, 11) is 3.83. The van der Waals surface area contributed by atoms with Crippen LogP contribution >= 0.6 is 15.9 Å². The molecule has 6 heteroatoms. The minimum Gasteiger partial charge on any atom is -0.352 e. The van der Waals surface area contributed by atoms with E-state index in [-0.39, 0.29) is 4.47 Å². The van der Waals surface area contributed by atoms with Crippen LogP contribution in [0.2, 0.25) is 0 Å². The standard InChI is InChI=1S/C12H15BrF2N2O/c1-17(2)5-3-4-16-12(18)11-9(14)6-8(13)7-10(11)15/h6-7H,3-5H2,1-2H3,(H,16,18). The largest absolute Gasteiger partial charge is 0.352 e. The molecule has 0 atom stereocenters. The average molecular weight is 321 g/mol. The third kappa shape index (κ3) is 4.34. The molecule has 0 saturated heterocycles. The lowest BCUT2D eigenvalue weighted by molar-refractivity contribution is 0.0944. The van der Waals surface area contributed by atoms with Crippen LogP contribution in [0.25, 0.3) is 0 Å². The molecule has 0 bridgehead atoms. The van der Waals surface area contributed by atoms with Gasteiger partial charge in [0.15, 0.2) is 0 Å². The molecule has 0 aromatic heterocycles. The summed E-state index contributed by atoms with van der Waals surface area (Å²) in [5.41, 5.74) is -0.539. The predicted molar refractivity (Wildman–Crippen MR) is 69.6 cm³/mol. The van der Waals surface area contributed by atoms with E-state index in [0.717, 1.165) is 25.1 Å². The average Bonchev–Trinajstić information content (AvgIpc) is 2.22. The Morgan fingerprint density at radius 1 is 1.33 bits per heavy atom. The summed E-state index contributed by atoms with van der Waals surface area (Å²) in [6.45, 7) is 1.18. The van der Waals surface area contributed by atoms with Crippen LogP contribution in [0.1, 0.15) is 16.8 Å². The summed E-state index contributed by atoms with van der Waals surface area (Å²) in [5, 5.41) is 2.49. The highest BCUT2D eigenvalue weighted by Gasteiger charge is 2.17. The lowest BCUT2D eigenvalue weighted by Gasteiger charge is -2.10. The molecular weight excluding hydrogens is 306 g/mol. The number of hydrogen-bond acceptors (Lipinski definition) is 2. The van der Waals surface area contributed by atoms with E-state index < -0.39 is 23.1 Å². The van der Waals surface area contributed by atoms with Crippen LogP contribution in [0.3, 0.4) is 0 Å². The Kier molecular flexibility index (Phi) is 5.68. The smallest absolute Gasteiger partial charge is 0.257 e. The van der Waals surface area contributed by atoms with Crippen molar-refractivity contribution in [3.8, 4) is 0 Å². The Morgan fingerprint density at radius 3 is 2.39 bits per heavy atom. The van der Waals surface area contributed by atoms with E-state index in [2.05, 4.69) is 21.2 Å². The van der Waals surface area contributed by atoms with Crippen molar-refractivity contribution in [2.75, 3.05) is 27.2 Å². The van der Waals surface area contributed by atoms with Gasteiger partial charge in [0.1, 0.15) is 17.2 Å². The summed E-state index contributed by atoms with van der Waals surface area (Å²) < 4.78 is 27.2. The fourth-order valence-electron chi connectivity index (χ4n) is 1.44. The molecule has 1 amide bonds. The highest BCUT2D eigenvalue weighted by molar-refractivity contribution is 9.10. The summed E-state index contributed by atoms with van der Waals surface area (Å²) in [6.07, 6.45) is 0.721. The highest BCUT2D eigenvalue weighted by Crippen LogP contribution is 2.19. The van der Waals surface area contributed by atoms with Gasteiger partial charge in [0.2, 0.25) is 0 Å². The molecule has 0 fully saturated rings. The van der Waals surface area contributed by atoms with Crippen LogP contribution in [0.15, 0.2) is 16.6 Å². The fourth-order valence-corrected chi connectivity index (χ4v) is 1.85. The molecule has 100 valence electrons. The molecular formula is C12H15BrF2N2O. The van der Waals surface area contributed by atoms with E-state index in [9.17, 15) is 13.6 Å². The summed E-state index contributed by atoms with van der Waals surface area (Å²) in [5.74, 6) is -2.46. The number of nitrogens with zero attached hydrogens (tertiary/aromatic N) is 1. The van der Waals surface area contributed by atoms with E-state index in [1.807, 2.05) is 19.0 Å². The third-order valence-electron chi connectivity index (χ3n) is 2.30. The van der Waals surface area contributed by atoms with Crippen molar-refractivity contribution < 1.29 is 13.6 Å². The fraction of sp³-hybridized carbons (Fsp3) is 0.417. The molecule has 18 heavy (non-hydrogen) atoms. The van der Waals surface area contributed by atoms with Gasteiger partial charge < -0.3 is 10.2 Å². The molecule has 1 rings (SSSR count). The van der Waals surface area contributed by atoms with Crippen molar-refractivity contribution in [3.63, 3.8) is 0 Å². The molecule has 0 aliphatic heterocycles. The van der Waals surface area contributed by atoms with E-state index >= 15 is 0 Å². The van der Waals surface area contributed by atoms with Crippen LogP contribution in [0.5, 0.6) is 0 Å². The van der Waals surface area contributed by atoms with Crippen LogP contribution in [0.4, 0.5) is 8.78 Å². The maximum Gasteiger partial charge on any atom is 0.257 e. The zero-order valence-electron chi connectivity index (χ0n) is 10.3. The topological polar surface area (TPSA) is 32.3 Å². The first-order valence-corrected chi connectivity index (χ1v) is 6.28. The number of benzene rings is 1. The molecule has 1 aromatic carbocycles. The molecule has 0 saturated carbocycles. The van der Waals surface area contributed by atoms with Gasteiger partial charge in [-0.1, -0.05) is 15.9 Å². The lowest BCUT2D eigenvalue weighted by atomic mass is 10.2. The van der Waals surface area contributed by atoms with Crippen molar-refractivity contribution in [3.05, 3.63) is 33.8 Å². The monoisotopic (exact) mass is 320 g/mol. The lowest BCUT2D eigenvalue weighted by Crippen LogP contribution is -2.28. The number of carbonyl (C=O) groups excluding carboxylic acids is 1. The predicted octanol–water partition coefficient (Wildman–Crippen LogP) is 2.41. The van der Waals surface area contributed by atoms with Gasteiger partial charge in [-0.15, -0.1) is 0 Å². The zero-order valence-corrected chi connectivity index (χ0v) is 11.9. The summed E-state index contributed by atoms with van der Waals surface area (Å²) >= 11 is 2.96. The molecule has 0 unspecified atom stereocenters. The van der Waals surface area contributed by atoms with Gasteiger partial charge >= 0.3 is 0 Å². The first-order valence-electron chi connectivity index (χ1n) is 5.49.